The van der Waals surface area contributed by atoms with Crippen LogP contribution < -0.4 is 0 Å². The van der Waals surface area contributed by atoms with Crippen LogP contribution in [0.25, 0.3) is 0 Å². The van der Waals surface area contributed by atoms with Gasteiger partial charge >= 0.3 is 5.97 Å². The van der Waals surface area contributed by atoms with E-state index in [0.717, 1.165) is 57.8 Å². The topological polar surface area (TPSA) is 87.0 Å². The zero-order valence-corrected chi connectivity index (χ0v) is 16.8. The molecule has 0 rings (SSSR count). The fourth-order valence-corrected chi connectivity index (χ4v) is 2.45. The minimum atomic E-state index is -1.35. The SMILES string of the molecule is CC/C=C\C/C=C\C/C=C\CCCCCCCC(=O)OC(O)CC(O)CO. The number of esters is 1. The van der Waals surface area contributed by atoms with E-state index in [1.165, 1.54) is 0 Å². The Bertz CT molecular complexity index is 428. The third-order valence-electron chi connectivity index (χ3n) is 3.98. The first kappa shape index (κ1) is 25.6. The van der Waals surface area contributed by atoms with Gasteiger partial charge in [0.05, 0.1) is 12.7 Å². The maximum absolute atomic E-state index is 11.5. The van der Waals surface area contributed by atoms with Crippen LogP contribution in [-0.2, 0) is 9.53 Å². The van der Waals surface area contributed by atoms with Crippen molar-refractivity contribution in [2.45, 2.75) is 89.9 Å². The van der Waals surface area contributed by atoms with Gasteiger partial charge in [0.15, 0.2) is 0 Å². The van der Waals surface area contributed by atoms with Crippen molar-refractivity contribution in [2.24, 2.45) is 0 Å². The number of carbonyl (C=O) groups is 1. The predicted molar refractivity (Wildman–Crippen MR) is 109 cm³/mol. The van der Waals surface area contributed by atoms with Crippen molar-refractivity contribution < 1.29 is 24.9 Å². The number of aliphatic hydroxyl groups excluding tert-OH is 3. The molecule has 2 unspecified atom stereocenters. The zero-order valence-electron chi connectivity index (χ0n) is 16.8. The van der Waals surface area contributed by atoms with Gasteiger partial charge in [-0.2, -0.15) is 0 Å². The molecule has 156 valence electrons. The Morgan fingerprint density at radius 2 is 1.48 bits per heavy atom. The van der Waals surface area contributed by atoms with Crippen molar-refractivity contribution in [3.05, 3.63) is 36.5 Å². The van der Waals surface area contributed by atoms with Crippen LogP contribution in [0.2, 0.25) is 0 Å². The molecular formula is C22H38O5. The van der Waals surface area contributed by atoms with Gasteiger partial charge in [-0.15, -0.1) is 0 Å². The van der Waals surface area contributed by atoms with Gasteiger partial charge < -0.3 is 20.1 Å². The third kappa shape index (κ3) is 19.1. The molecule has 5 heteroatoms. The standard InChI is InChI=1S/C22H38O5/c1-2-3-4-5-6-7-8-9-10-11-12-13-14-15-16-17-21(25)27-22(26)18-20(24)19-23/h3-4,6-7,9-10,20,22-24,26H,2,5,8,11-19H2,1H3/b4-3-,7-6-,10-9-. The summed E-state index contributed by atoms with van der Waals surface area (Å²) in [5.74, 6) is -0.464. The van der Waals surface area contributed by atoms with Crippen molar-refractivity contribution in [1.29, 1.82) is 0 Å². The van der Waals surface area contributed by atoms with Gasteiger partial charge in [-0.3, -0.25) is 4.79 Å². The first-order valence-electron chi connectivity index (χ1n) is 10.2. The van der Waals surface area contributed by atoms with E-state index in [2.05, 4.69) is 43.4 Å². The molecule has 0 aliphatic heterocycles. The fourth-order valence-electron chi connectivity index (χ4n) is 2.45. The molecule has 5 nitrogen and oxygen atoms in total. The Morgan fingerprint density at radius 3 is 2.15 bits per heavy atom. The first-order valence-corrected chi connectivity index (χ1v) is 10.2. The van der Waals surface area contributed by atoms with E-state index in [4.69, 9.17) is 14.9 Å². The van der Waals surface area contributed by atoms with Crippen LogP contribution in [0.5, 0.6) is 0 Å². The molecule has 0 aliphatic carbocycles. The number of unbranched alkanes of at least 4 members (excludes halogenated alkanes) is 5. The molecule has 0 saturated carbocycles. The molecular weight excluding hydrogens is 344 g/mol. The monoisotopic (exact) mass is 382 g/mol. The Hall–Kier alpha value is -1.43. The number of hydrogen-bond donors (Lipinski definition) is 3. The lowest BCUT2D eigenvalue weighted by molar-refractivity contribution is -0.172. The van der Waals surface area contributed by atoms with Crippen molar-refractivity contribution >= 4 is 5.97 Å². The van der Waals surface area contributed by atoms with Crippen LogP contribution in [0.1, 0.15) is 77.6 Å². The molecule has 0 saturated heterocycles. The van der Waals surface area contributed by atoms with Gasteiger partial charge in [0.2, 0.25) is 6.29 Å². The van der Waals surface area contributed by atoms with E-state index >= 15 is 0 Å². The van der Waals surface area contributed by atoms with Gasteiger partial charge in [-0.05, 0) is 38.5 Å². The number of rotatable bonds is 17. The summed E-state index contributed by atoms with van der Waals surface area (Å²) in [6.07, 6.45) is 20.1. The first-order chi connectivity index (χ1) is 13.1. The van der Waals surface area contributed by atoms with Gasteiger partial charge in [-0.1, -0.05) is 62.6 Å². The summed E-state index contributed by atoms with van der Waals surface area (Å²) >= 11 is 0. The quantitative estimate of drug-likeness (QED) is 0.152. The number of allylic oxidation sites excluding steroid dienone is 6. The number of aliphatic hydroxyl groups is 3. The van der Waals surface area contributed by atoms with E-state index in [0.29, 0.717) is 0 Å². The smallest absolute Gasteiger partial charge is 0.308 e. The molecule has 0 aromatic carbocycles. The molecule has 3 N–H and O–H groups in total. The highest BCUT2D eigenvalue weighted by molar-refractivity contribution is 5.69. The highest BCUT2D eigenvalue weighted by Crippen LogP contribution is 2.09. The minimum absolute atomic E-state index is 0.165. The summed E-state index contributed by atoms with van der Waals surface area (Å²) in [6.45, 7) is 1.68. The van der Waals surface area contributed by atoms with E-state index in [1.807, 2.05) is 0 Å². The van der Waals surface area contributed by atoms with E-state index in [9.17, 15) is 9.90 Å². The summed E-state index contributed by atoms with van der Waals surface area (Å²) in [5.41, 5.74) is 0. The van der Waals surface area contributed by atoms with Crippen molar-refractivity contribution in [3.8, 4) is 0 Å². The molecule has 0 heterocycles. The van der Waals surface area contributed by atoms with Crippen LogP contribution >= 0.6 is 0 Å². The molecule has 0 fully saturated rings. The summed E-state index contributed by atoms with van der Waals surface area (Å²) in [5, 5.41) is 27.2. The Balaban J connectivity index is 3.45. The van der Waals surface area contributed by atoms with Crippen LogP contribution in [-0.4, -0.2) is 40.3 Å². The fraction of sp³-hybridized carbons (Fsp3) is 0.682. The molecule has 0 spiro atoms. The maximum Gasteiger partial charge on any atom is 0.308 e. The van der Waals surface area contributed by atoms with Gasteiger partial charge in [0, 0.05) is 12.8 Å². The second-order valence-corrected chi connectivity index (χ2v) is 6.62. The summed E-state index contributed by atoms with van der Waals surface area (Å²) in [6, 6.07) is 0. The average molecular weight is 383 g/mol. The minimum Gasteiger partial charge on any atom is -0.436 e. The lowest BCUT2D eigenvalue weighted by Gasteiger charge is -2.14. The molecule has 0 aromatic heterocycles. The third-order valence-corrected chi connectivity index (χ3v) is 3.98. The van der Waals surface area contributed by atoms with E-state index in [-0.39, 0.29) is 12.8 Å². The van der Waals surface area contributed by atoms with Crippen LogP contribution in [0.4, 0.5) is 0 Å². The Kier molecular flexibility index (Phi) is 18.3. The van der Waals surface area contributed by atoms with Crippen molar-refractivity contribution in [3.63, 3.8) is 0 Å². The van der Waals surface area contributed by atoms with E-state index < -0.39 is 25.0 Å². The zero-order chi connectivity index (χ0) is 20.2. The molecule has 0 bridgehead atoms. The molecule has 0 aliphatic rings. The second-order valence-electron chi connectivity index (χ2n) is 6.62. The molecule has 0 amide bonds. The Morgan fingerprint density at radius 1 is 0.889 bits per heavy atom. The summed E-state index contributed by atoms with van der Waals surface area (Å²) in [7, 11) is 0. The van der Waals surface area contributed by atoms with Gasteiger partial charge in [-0.25, -0.2) is 0 Å². The van der Waals surface area contributed by atoms with E-state index in [1.54, 1.807) is 0 Å². The largest absolute Gasteiger partial charge is 0.436 e. The predicted octanol–water partition coefficient (Wildman–Crippen LogP) is 4.18. The number of hydrogen-bond acceptors (Lipinski definition) is 5. The molecule has 0 radical (unpaired) electrons. The van der Waals surface area contributed by atoms with Crippen molar-refractivity contribution in [2.75, 3.05) is 6.61 Å². The molecule has 0 aromatic rings. The summed E-state index contributed by atoms with van der Waals surface area (Å²) in [4.78, 5) is 11.5. The normalized spacial score (nSPS) is 14.4. The second kappa shape index (κ2) is 19.3. The van der Waals surface area contributed by atoms with Gasteiger partial charge in [0.25, 0.3) is 0 Å². The average Bonchev–Trinajstić information content (AvgIpc) is 2.64. The lowest BCUT2D eigenvalue weighted by Crippen LogP contribution is -2.25. The molecule has 2 atom stereocenters. The highest BCUT2D eigenvalue weighted by atomic mass is 16.6. The number of carbonyl (C=O) groups excluding carboxylic acids is 1. The van der Waals surface area contributed by atoms with Crippen LogP contribution in [0.3, 0.4) is 0 Å². The highest BCUT2D eigenvalue weighted by Gasteiger charge is 2.15. The Labute approximate surface area is 164 Å². The maximum atomic E-state index is 11.5. The number of ether oxygens (including phenoxy) is 1. The van der Waals surface area contributed by atoms with Crippen LogP contribution in [0, 0.1) is 0 Å². The van der Waals surface area contributed by atoms with Crippen LogP contribution in [0.15, 0.2) is 36.5 Å². The summed E-state index contributed by atoms with van der Waals surface area (Å²) < 4.78 is 4.77. The van der Waals surface area contributed by atoms with Crippen molar-refractivity contribution in [1.82, 2.24) is 0 Å². The molecule has 27 heavy (non-hydrogen) atoms. The lowest BCUT2D eigenvalue weighted by atomic mass is 10.1. The van der Waals surface area contributed by atoms with Gasteiger partial charge in [0.1, 0.15) is 0 Å².